The predicted molar refractivity (Wildman–Crippen MR) is 119 cm³/mol. The van der Waals surface area contributed by atoms with Crippen molar-refractivity contribution in [2.75, 3.05) is 11.9 Å². The van der Waals surface area contributed by atoms with Crippen molar-refractivity contribution in [1.82, 2.24) is 9.55 Å². The molecule has 1 heterocycles. The molecule has 3 aromatic rings. The molecule has 4 nitrogen and oxygen atoms in total. The number of fused-ring (bicyclic) bond motifs is 1. The molecule has 2 aromatic carbocycles. The van der Waals surface area contributed by atoms with E-state index in [-0.39, 0.29) is 6.61 Å². The van der Waals surface area contributed by atoms with Crippen LogP contribution in [0.5, 0.6) is 0 Å². The SMILES string of the molecule is CCCC(CCC)c1cccc2nc(Nc3ccc(C)cc3C)n(CCO)c12. The fourth-order valence-corrected chi connectivity index (χ4v) is 4.18. The second-order valence-electron chi connectivity index (χ2n) is 7.74. The van der Waals surface area contributed by atoms with E-state index < -0.39 is 0 Å². The van der Waals surface area contributed by atoms with Gasteiger partial charge in [0.2, 0.25) is 5.95 Å². The van der Waals surface area contributed by atoms with Gasteiger partial charge in [-0.25, -0.2) is 4.98 Å². The summed E-state index contributed by atoms with van der Waals surface area (Å²) in [7, 11) is 0. The van der Waals surface area contributed by atoms with E-state index in [0.29, 0.717) is 12.5 Å². The van der Waals surface area contributed by atoms with E-state index in [1.54, 1.807) is 0 Å². The van der Waals surface area contributed by atoms with E-state index in [9.17, 15) is 5.11 Å². The van der Waals surface area contributed by atoms with Crippen LogP contribution in [0, 0.1) is 13.8 Å². The highest BCUT2D eigenvalue weighted by Crippen LogP contribution is 2.34. The van der Waals surface area contributed by atoms with Gasteiger partial charge in [-0.2, -0.15) is 0 Å². The van der Waals surface area contributed by atoms with Gasteiger partial charge >= 0.3 is 0 Å². The van der Waals surface area contributed by atoms with E-state index in [2.05, 4.69) is 74.0 Å². The number of anilines is 2. The van der Waals surface area contributed by atoms with Crippen LogP contribution in [0.3, 0.4) is 0 Å². The summed E-state index contributed by atoms with van der Waals surface area (Å²) < 4.78 is 2.16. The van der Waals surface area contributed by atoms with Gasteiger partial charge in [0.15, 0.2) is 0 Å². The van der Waals surface area contributed by atoms with Gasteiger partial charge in [0.1, 0.15) is 0 Å². The van der Waals surface area contributed by atoms with Crippen LogP contribution in [0.25, 0.3) is 11.0 Å². The van der Waals surface area contributed by atoms with Crippen molar-refractivity contribution in [3.63, 3.8) is 0 Å². The van der Waals surface area contributed by atoms with Crippen molar-refractivity contribution < 1.29 is 5.11 Å². The Bertz CT molecular complexity index is 923. The lowest BCUT2D eigenvalue weighted by atomic mass is 9.89. The minimum Gasteiger partial charge on any atom is -0.395 e. The number of rotatable bonds is 9. The van der Waals surface area contributed by atoms with Crippen molar-refractivity contribution in [2.24, 2.45) is 0 Å². The maximum absolute atomic E-state index is 9.74. The molecule has 28 heavy (non-hydrogen) atoms. The number of aryl methyl sites for hydroxylation is 2. The summed E-state index contributed by atoms with van der Waals surface area (Å²) in [5.74, 6) is 1.33. The molecule has 0 amide bonds. The van der Waals surface area contributed by atoms with Gasteiger partial charge in [0.25, 0.3) is 0 Å². The first-order valence-electron chi connectivity index (χ1n) is 10.5. The molecule has 2 N–H and O–H groups in total. The van der Waals surface area contributed by atoms with E-state index in [1.165, 1.54) is 42.4 Å². The van der Waals surface area contributed by atoms with Crippen molar-refractivity contribution in [1.29, 1.82) is 0 Å². The van der Waals surface area contributed by atoms with Gasteiger partial charge in [0, 0.05) is 12.2 Å². The number of benzene rings is 2. The molecule has 0 bridgehead atoms. The Morgan fingerprint density at radius 3 is 2.46 bits per heavy atom. The van der Waals surface area contributed by atoms with E-state index in [0.717, 1.165) is 22.7 Å². The molecule has 0 saturated carbocycles. The highest BCUT2D eigenvalue weighted by molar-refractivity contribution is 5.83. The Balaban J connectivity index is 2.11. The summed E-state index contributed by atoms with van der Waals surface area (Å²) in [6.07, 6.45) is 4.69. The lowest BCUT2D eigenvalue weighted by molar-refractivity contribution is 0.278. The first-order valence-corrected chi connectivity index (χ1v) is 10.5. The Morgan fingerprint density at radius 1 is 1.07 bits per heavy atom. The number of aliphatic hydroxyl groups is 1. The smallest absolute Gasteiger partial charge is 0.208 e. The third-order valence-electron chi connectivity index (χ3n) is 5.46. The second-order valence-corrected chi connectivity index (χ2v) is 7.74. The fraction of sp³-hybridized carbons (Fsp3) is 0.458. The highest BCUT2D eigenvalue weighted by atomic mass is 16.3. The lowest BCUT2D eigenvalue weighted by Crippen LogP contribution is -2.09. The summed E-state index contributed by atoms with van der Waals surface area (Å²) in [5, 5.41) is 13.3. The van der Waals surface area contributed by atoms with Crippen molar-refractivity contribution in [3.8, 4) is 0 Å². The molecule has 1 aromatic heterocycles. The van der Waals surface area contributed by atoms with E-state index >= 15 is 0 Å². The number of para-hydroxylation sites is 1. The standard InChI is InChI=1S/C24H33N3O/c1-5-8-19(9-6-2)20-10-7-11-22-23(20)27(14-15-28)24(26-22)25-21-13-12-17(3)16-18(21)4/h7,10-13,16,19,28H,5-6,8-9,14-15H2,1-4H3,(H,25,26). The van der Waals surface area contributed by atoms with Crippen LogP contribution in [0.4, 0.5) is 11.6 Å². The van der Waals surface area contributed by atoms with Gasteiger partial charge in [0.05, 0.1) is 17.6 Å². The summed E-state index contributed by atoms with van der Waals surface area (Å²) >= 11 is 0. The molecule has 0 aliphatic rings. The molecule has 0 saturated heterocycles. The maximum Gasteiger partial charge on any atom is 0.208 e. The van der Waals surface area contributed by atoms with E-state index in [4.69, 9.17) is 4.98 Å². The van der Waals surface area contributed by atoms with Crippen LogP contribution in [0.1, 0.15) is 62.1 Å². The largest absolute Gasteiger partial charge is 0.395 e. The van der Waals surface area contributed by atoms with Gasteiger partial charge in [-0.3, -0.25) is 0 Å². The topological polar surface area (TPSA) is 50.1 Å². The van der Waals surface area contributed by atoms with Crippen LogP contribution in [-0.4, -0.2) is 21.3 Å². The van der Waals surface area contributed by atoms with E-state index in [1.807, 2.05) is 0 Å². The third kappa shape index (κ3) is 4.22. The first-order chi connectivity index (χ1) is 13.6. The molecule has 150 valence electrons. The number of imidazole rings is 1. The number of hydrogen-bond acceptors (Lipinski definition) is 3. The number of nitrogens with zero attached hydrogens (tertiary/aromatic N) is 2. The zero-order valence-corrected chi connectivity index (χ0v) is 17.6. The zero-order valence-electron chi connectivity index (χ0n) is 17.6. The van der Waals surface area contributed by atoms with Crippen molar-refractivity contribution >= 4 is 22.7 Å². The normalized spacial score (nSPS) is 11.5. The molecule has 0 fully saturated rings. The van der Waals surface area contributed by atoms with Crippen LogP contribution >= 0.6 is 0 Å². The van der Waals surface area contributed by atoms with Crippen LogP contribution in [0.15, 0.2) is 36.4 Å². The monoisotopic (exact) mass is 379 g/mol. The Labute approximate surface area is 168 Å². The average molecular weight is 380 g/mol. The predicted octanol–water partition coefficient (Wildman–Crippen LogP) is 6.07. The average Bonchev–Trinajstić information content (AvgIpc) is 3.02. The van der Waals surface area contributed by atoms with Crippen LogP contribution in [0.2, 0.25) is 0 Å². The third-order valence-corrected chi connectivity index (χ3v) is 5.46. The van der Waals surface area contributed by atoms with Crippen molar-refractivity contribution in [2.45, 2.75) is 65.8 Å². The molecule has 3 rings (SSSR count). The Hall–Kier alpha value is -2.33. The molecule has 0 unspecified atom stereocenters. The fourth-order valence-electron chi connectivity index (χ4n) is 4.18. The zero-order chi connectivity index (χ0) is 20.1. The molecular weight excluding hydrogens is 346 g/mol. The molecule has 0 radical (unpaired) electrons. The number of aliphatic hydroxyl groups excluding tert-OH is 1. The second kappa shape index (κ2) is 9.24. The summed E-state index contributed by atoms with van der Waals surface area (Å²) in [5.41, 5.74) is 7.01. The summed E-state index contributed by atoms with van der Waals surface area (Å²) in [4.78, 5) is 4.89. The van der Waals surface area contributed by atoms with Crippen molar-refractivity contribution in [3.05, 3.63) is 53.1 Å². The first kappa shape index (κ1) is 20.4. The minimum atomic E-state index is 0.0908. The van der Waals surface area contributed by atoms with Gasteiger partial charge < -0.3 is 15.0 Å². The van der Waals surface area contributed by atoms with Gasteiger partial charge in [-0.15, -0.1) is 0 Å². The Kier molecular flexibility index (Phi) is 6.74. The maximum atomic E-state index is 9.74. The molecule has 0 aliphatic heterocycles. The molecule has 0 atom stereocenters. The summed E-state index contributed by atoms with van der Waals surface area (Å²) in [6.45, 7) is 9.34. The molecule has 0 aliphatic carbocycles. The quantitative estimate of drug-likeness (QED) is 0.474. The molecule has 4 heteroatoms. The molecule has 0 spiro atoms. The minimum absolute atomic E-state index is 0.0908. The van der Waals surface area contributed by atoms with Crippen LogP contribution in [-0.2, 0) is 6.54 Å². The lowest BCUT2D eigenvalue weighted by Gasteiger charge is -2.19. The van der Waals surface area contributed by atoms with Gasteiger partial charge in [-0.1, -0.05) is 56.5 Å². The number of hydrogen-bond donors (Lipinski definition) is 2. The van der Waals surface area contributed by atoms with Gasteiger partial charge in [-0.05, 0) is 55.9 Å². The number of aromatic nitrogens is 2. The number of nitrogens with one attached hydrogen (secondary N) is 1. The van der Waals surface area contributed by atoms with Crippen LogP contribution < -0.4 is 5.32 Å². The highest BCUT2D eigenvalue weighted by Gasteiger charge is 2.19. The molecular formula is C24H33N3O. The summed E-state index contributed by atoms with van der Waals surface area (Å²) in [6, 6.07) is 12.8. The Morgan fingerprint density at radius 2 is 1.82 bits per heavy atom.